The van der Waals surface area contributed by atoms with Gasteiger partial charge in [0.15, 0.2) is 6.29 Å². The first-order chi connectivity index (χ1) is 24.7. The molecule has 0 saturated carbocycles. The SMILES string of the molecule is C[C@@H]1[C@H](CN(C)[C@H](C)c2ccc3ccccc3c2)O[C@H](c2ccc(-c3ccccc3CNC(=O)CCC(=O)O)cc2)O[C@@H]1c1ccc(CO)cc1. The lowest BCUT2D eigenvalue weighted by molar-refractivity contribution is -0.276. The van der Waals surface area contributed by atoms with Gasteiger partial charge in [0.25, 0.3) is 0 Å². The number of rotatable bonds is 13. The monoisotopic (exact) mass is 686 g/mol. The van der Waals surface area contributed by atoms with Crippen LogP contribution >= 0.6 is 0 Å². The fourth-order valence-corrected chi connectivity index (χ4v) is 6.77. The van der Waals surface area contributed by atoms with Crippen LogP contribution in [0.5, 0.6) is 0 Å². The normalized spacial score (nSPS) is 19.5. The molecule has 51 heavy (non-hydrogen) atoms. The van der Waals surface area contributed by atoms with Crippen molar-refractivity contribution in [3.05, 3.63) is 143 Å². The molecule has 3 N–H and O–H groups in total. The predicted molar refractivity (Wildman–Crippen MR) is 199 cm³/mol. The second-order valence-electron chi connectivity index (χ2n) is 13.5. The Hall–Kier alpha value is -4.86. The molecule has 0 radical (unpaired) electrons. The van der Waals surface area contributed by atoms with E-state index in [0.29, 0.717) is 13.1 Å². The van der Waals surface area contributed by atoms with Crippen LogP contribution in [0.4, 0.5) is 0 Å². The number of likely N-dealkylation sites (N-methyl/N-ethyl adjacent to an activating group) is 1. The maximum atomic E-state index is 12.2. The van der Waals surface area contributed by atoms with Gasteiger partial charge in [-0.2, -0.15) is 0 Å². The summed E-state index contributed by atoms with van der Waals surface area (Å²) >= 11 is 0. The molecule has 0 aliphatic carbocycles. The second-order valence-corrected chi connectivity index (χ2v) is 13.5. The molecule has 1 fully saturated rings. The molecule has 1 amide bonds. The fourth-order valence-electron chi connectivity index (χ4n) is 6.77. The van der Waals surface area contributed by atoms with Gasteiger partial charge in [-0.3, -0.25) is 14.5 Å². The van der Waals surface area contributed by atoms with Gasteiger partial charge >= 0.3 is 5.97 Å². The van der Waals surface area contributed by atoms with Crippen molar-refractivity contribution in [2.24, 2.45) is 5.92 Å². The van der Waals surface area contributed by atoms with E-state index >= 15 is 0 Å². The Morgan fingerprint density at radius 1 is 0.824 bits per heavy atom. The van der Waals surface area contributed by atoms with Crippen LogP contribution in [-0.4, -0.2) is 46.7 Å². The zero-order valence-electron chi connectivity index (χ0n) is 29.4. The van der Waals surface area contributed by atoms with Crippen LogP contribution in [0.1, 0.15) is 72.9 Å². The van der Waals surface area contributed by atoms with Crippen molar-refractivity contribution < 1.29 is 29.3 Å². The van der Waals surface area contributed by atoms with Gasteiger partial charge in [-0.1, -0.05) is 116 Å². The molecule has 5 aromatic rings. The third-order valence-electron chi connectivity index (χ3n) is 10.1. The molecule has 5 atom stereocenters. The van der Waals surface area contributed by atoms with Crippen LogP contribution in [0, 0.1) is 5.92 Å². The van der Waals surface area contributed by atoms with E-state index in [1.165, 1.54) is 16.3 Å². The van der Waals surface area contributed by atoms with Crippen molar-refractivity contribution in [2.75, 3.05) is 13.6 Å². The summed E-state index contributed by atoms with van der Waals surface area (Å²) in [6.45, 7) is 5.39. The van der Waals surface area contributed by atoms with Gasteiger partial charge in [0.2, 0.25) is 5.91 Å². The van der Waals surface area contributed by atoms with Crippen LogP contribution in [0.2, 0.25) is 0 Å². The third kappa shape index (κ3) is 8.72. The Balaban J connectivity index is 1.22. The summed E-state index contributed by atoms with van der Waals surface area (Å²) in [7, 11) is 2.15. The van der Waals surface area contributed by atoms with E-state index in [9.17, 15) is 14.7 Å². The first kappa shape index (κ1) is 35.9. The topological polar surface area (TPSA) is 108 Å². The number of hydrogen-bond acceptors (Lipinski definition) is 6. The van der Waals surface area contributed by atoms with E-state index in [0.717, 1.165) is 33.4 Å². The molecule has 6 rings (SSSR count). The van der Waals surface area contributed by atoms with E-state index in [1.54, 1.807) is 0 Å². The van der Waals surface area contributed by atoms with Gasteiger partial charge in [0.05, 0.1) is 25.2 Å². The predicted octanol–water partition coefficient (Wildman–Crippen LogP) is 7.96. The number of ether oxygens (including phenoxy) is 2. The molecular formula is C43H46N2O6. The molecule has 1 heterocycles. The molecule has 8 heteroatoms. The fraction of sp³-hybridized carbons (Fsp3) is 0.302. The molecule has 1 saturated heterocycles. The summed E-state index contributed by atoms with van der Waals surface area (Å²) in [6, 6.07) is 39.2. The standard InChI is InChI=1S/C43H46N2O6/c1-28-39(26-45(3)29(2)35-21-16-31-8-4-5-9-36(31)24-35)50-43(51-42(28)33-14-12-30(27-46)13-15-33)34-19-17-32(18-20-34)38-11-7-6-10-37(38)25-44-40(47)22-23-41(48)49/h4-21,24,28-29,39,42-43,46H,22-23,25-27H2,1-3H3,(H,44,47)(H,48,49)/t28-,29-,39+,42+,43+/m1/s1. The zero-order valence-corrected chi connectivity index (χ0v) is 29.4. The highest BCUT2D eigenvalue weighted by molar-refractivity contribution is 5.83. The first-order valence-corrected chi connectivity index (χ1v) is 17.6. The number of carbonyl (C=O) groups is 2. The van der Waals surface area contributed by atoms with Crippen molar-refractivity contribution >= 4 is 22.6 Å². The van der Waals surface area contributed by atoms with Crippen molar-refractivity contribution in [1.82, 2.24) is 10.2 Å². The molecule has 8 nitrogen and oxygen atoms in total. The first-order valence-electron chi connectivity index (χ1n) is 17.6. The number of carbonyl (C=O) groups excluding carboxylic acids is 1. The van der Waals surface area contributed by atoms with Gasteiger partial charge in [0, 0.05) is 37.0 Å². The molecule has 0 spiro atoms. The van der Waals surface area contributed by atoms with Crippen molar-refractivity contribution in [1.29, 1.82) is 0 Å². The molecular weight excluding hydrogens is 640 g/mol. The van der Waals surface area contributed by atoms with Gasteiger partial charge in [-0.25, -0.2) is 0 Å². The van der Waals surface area contributed by atoms with Gasteiger partial charge in [-0.05, 0) is 64.2 Å². The Labute approximate surface area is 299 Å². The van der Waals surface area contributed by atoms with Gasteiger partial charge in [0.1, 0.15) is 0 Å². The maximum Gasteiger partial charge on any atom is 0.303 e. The largest absolute Gasteiger partial charge is 0.481 e. The van der Waals surface area contributed by atoms with E-state index in [-0.39, 0.29) is 49.5 Å². The van der Waals surface area contributed by atoms with Crippen molar-refractivity contribution in [3.63, 3.8) is 0 Å². The van der Waals surface area contributed by atoms with Crippen LogP contribution in [0.3, 0.4) is 0 Å². The van der Waals surface area contributed by atoms with Crippen LogP contribution in [0.15, 0.2) is 115 Å². The number of benzene rings is 5. The lowest BCUT2D eigenvalue weighted by Crippen LogP contribution is -2.44. The maximum absolute atomic E-state index is 12.2. The number of nitrogens with zero attached hydrogens (tertiary/aromatic N) is 1. The minimum atomic E-state index is -0.995. The summed E-state index contributed by atoms with van der Waals surface area (Å²) in [5, 5.41) is 23.8. The molecule has 1 aliphatic heterocycles. The molecule has 1 aliphatic rings. The number of carboxylic acid groups (broad SMARTS) is 1. The lowest BCUT2D eigenvalue weighted by Gasteiger charge is -2.43. The Morgan fingerprint density at radius 2 is 1.51 bits per heavy atom. The van der Waals surface area contributed by atoms with Gasteiger partial charge in [-0.15, -0.1) is 0 Å². The minimum Gasteiger partial charge on any atom is -0.481 e. The lowest BCUT2D eigenvalue weighted by atomic mass is 9.89. The highest BCUT2D eigenvalue weighted by atomic mass is 16.7. The summed E-state index contributed by atoms with van der Waals surface area (Å²) in [4.78, 5) is 25.4. The number of fused-ring (bicyclic) bond motifs is 1. The summed E-state index contributed by atoms with van der Waals surface area (Å²) in [5.41, 5.74) is 6.94. The number of aliphatic hydroxyl groups excluding tert-OH is 1. The molecule has 0 aromatic heterocycles. The van der Waals surface area contributed by atoms with Crippen molar-refractivity contribution in [2.45, 2.75) is 64.4 Å². The van der Waals surface area contributed by atoms with E-state index < -0.39 is 12.3 Å². The average Bonchev–Trinajstić information content (AvgIpc) is 3.16. The Bertz CT molecular complexity index is 1940. The number of aliphatic hydroxyl groups is 1. The molecule has 0 unspecified atom stereocenters. The third-order valence-corrected chi connectivity index (χ3v) is 10.1. The van der Waals surface area contributed by atoms with Crippen LogP contribution < -0.4 is 5.32 Å². The molecule has 5 aromatic carbocycles. The number of nitrogens with one attached hydrogen (secondary N) is 1. The van der Waals surface area contributed by atoms with E-state index in [1.807, 2.05) is 72.8 Å². The molecule has 264 valence electrons. The van der Waals surface area contributed by atoms with Gasteiger partial charge < -0.3 is 25.0 Å². The van der Waals surface area contributed by atoms with E-state index in [4.69, 9.17) is 14.6 Å². The van der Waals surface area contributed by atoms with Crippen LogP contribution in [-0.2, 0) is 32.2 Å². The highest BCUT2D eigenvalue weighted by Gasteiger charge is 2.39. The number of carboxylic acids is 1. The highest BCUT2D eigenvalue weighted by Crippen LogP contribution is 2.42. The number of amides is 1. The van der Waals surface area contributed by atoms with Crippen LogP contribution in [0.25, 0.3) is 21.9 Å². The quantitative estimate of drug-likeness (QED) is 0.115. The summed E-state index contributed by atoms with van der Waals surface area (Å²) in [6.07, 6.45) is -1.22. The summed E-state index contributed by atoms with van der Waals surface area (Å²) < 4.78 is 13.5. The average molecular weight is 687 g/mol. The second kappa shape index (κ2) is 16.4. The Morgan fingerprint density at radius 3 is 2.24 bits per heavy atom. The summed E-state index contributed by atoms with van der Waals surface area (Å²) in [5.74, 6) is -1.24. The van der Waals surface area contributed by atoms with E-state index in [2.05, 4.69) is 73.6 Å². The smallest absolute Gasteiger partial charge is 0.303 e. The zero-order chi connectivity index (χ0) is 35.9. The number of hydrogen-bond donors (Lipinski definition) is 3. The van der Waals surface area contributed by atoms with Crippen molar-refractivity contribution in [3.8, 4) is 11.1 Å². The minimum absolute atomic E-state index is 0.0141. The number of aliphatic carboxylic acids is 1. The Kier molecular flexibility index (Phi) is 11.6. The molecule has 0 bridgehead atoms.